The largest absolute Gasteiger partial charge is 0.503 e. The summed E-state index contributed by atoms with van der Waals surface area (Å²) in [5, 5.41) is 13.3. The number of benzene rings is 3. The number of aliphatic hydroxyl groups excluding tert-OH is 1. The van der Waals surface area contributed by atoms with Crippen molar-refractivity contribution in [2.24, 2.45) is 0 Å². The van der Waals surface area contributed by atoms with Crippen LogP contribution < -0.4 is 19.1 Å². The van der Waals surface area contributed by atoms with Gasteiger partial charge in [0.05, 0.1) is 39.9 Å². The van der Waals surface area contributed by atoms with E-state index < -0.39 is 23.5 Å². The van der Waals surface area contributed by atoms with Crippen LogP contribution in [0.3, 0.4) is 0 Å². The average Bonchev–Trinajstić information content (AvgIpc) is 3.76. The third-order valence-corrected chi connectivity index (χ3v) is 8.77. The van der Waals surface area contributed by atoms with Gasteiger partial charge in [-0.25, -0.2) is 4.98 Å². The van der Waals surface area contributed by atoms with E-state index in [0.717, 1.165) is 10.3 Å². The predicted molar refractivity (Wildman–Crippen MR) is 168 cm³/mol. The molecule has 6 rings (SSSR count). The van der Waals surface area contributed by atoms with Crippen molar-refractivity contribution in [2.45, 2.75) is 26.5 Å². The van der Waals surface area contributed by atoms with E-state index in [9.17, 15) is 14.7 Å². The van der Waals surface area contributed by atoms with Gasteiger partial charge in [-0.3, -0.25) is 14.5 Å². The van der Waals surface area contributed by atoms with E-state index in [1.807, 2.05) is 62.4 Å². The van der Waals surface area contributed by atoms with E-state index >= 15 is 0 Å². The van der Waals surface area contributed by atoms with Crippen LogP contribution in [0.2, 0.25) is 0 Å². The monoisotopic (exact) mass is 612 g/mol. The molecule has 2 aromatic heterocycles. The highest BCUT2D eigenvalue weighted by Gasteiger charge is 2.46. The Labute approximate surface area is 256 Å². The highest BCUT2D eigenvalue weighted by Crippen LogP contribution is 2.46. The number of nitrogens with zero attached hydrogens (tertiary/aromatic N) is 2. The summed E-state index contributed by atoms with van der Waals surface area (Å²) in [7, 11) is 0. The minimum Gasteiger partial charge on any atom is -0.503 e. The number of aromatic nitrogens is 1. The van der Waals surface area contributed by atoms with Gasteiger partial charge in [0.1, 0.15) is 12.4 Å². The van der Waals surface area contributed by atoms with Gasteiger partial charge in [-0.15, -0.1) is 11.3 Å². The summed E-state index contributed by atoms with van der Waals surface area (Å²) in [5.41, 5.74) is 2.23. The molecule has 218 valence electrons. The summed E-state index contributed by atoms with van der Waals surface area (Å²) in [5.74, 6) is -0.0419. The minimum absolute atomic E-state index is 0.0119. The number of hydrogen-bond donors (Lipinski definition) is 1. The number of thiazole rings is 1. The van der Waals surface area contributed by atoms with Crippen LogP contribution in [0.4, 0.5) is 5.13 Å². The Bertz CT molecular complexity index is 1810. The fraction of sp³-hybridized carbons (Fsp3) is 0.182. The van der Waals surface area contributed by atoms with E-state index in [2.05, 4.69) is 0 Å². The van der Waals surface area contributed by atoms with Crippen molar-refractivity contribution in [1.82, 2.24) is 4.98 Å². The van der Waals surface area contributed by atoms with Crippen molar-refractivity contribution in [3.63, 3.8) is 0 Å². The van der Waals surface area contributed by atoms with Gasteiger partial charge in [-0.05, 0) is 66.8 Å². The third-order valence-electron chi connectivity index (χ3n) is 6.88. The average molecular weight is 613 g/mol. The lowest BCUT2D eigenvalue weighted by atomic mass is 9.95. The molecule has 0 saturated heterocycles. The number of thiophene rings is 1. The summed E-state index contributed by atoms with van der Waals surface area (Å²) in [6.07, 6.45) is 0. The number of ether oxygens (including phenoxy) is 3. The number of rotatable bonds is 11. The van der Waals surface area contributed by atoms with Crippen molar-refractivity contribution in [3.8, 4) is 17.2 Å². The molecular weight excluding hydrogens is 585 g/mol. The van der Waals surface area contributed by atoms with Crippen LogP contribution in [-0.4, -0.2) is 35.0 Å². The molecule has 0 radical (unpaired) electrons. The van der Waals surface area contributed by atoms with Crippen LogP contribution >= 0.6 is 22.7 Å². The summed E-state index contributed by atoms with van der Waals surface area (Å²) in [4.78, 5) is 34.0. The molecule has 1 aliphatic heterocycles. The fourth-order valence-electron chi connectivity index (χ4n) is 4.96. The molecule has 1 atom stereocenters. The smallest absolute Gasteiger partial charge is 0.296 e. The highest BCUT2D eigenvalue weighted by molar-refractivity contribution is 7.22. The molecule has 1 amide bonds. The van der Waals surface area contributed by atoms with Crippen molar-refractivity contribution in [1.29, 1.82) is 0 Å². The first kappa shape index (κ1) is 28.4. The Morgan fingerprint density at radius 2 is 1.74 bits per heavy atom. The molecular formula is C33H28N2O6S2. The van der Waals surface area contributed by atoms with Gasteiger partial charge >= 0.3 is 0 Å². The number of aliphatic hydroxyl groups is 1. The maximum Gasteiger partial charge on any atom is 0.296 e. The summed E-state index contributed by atoms with van der Waals surface area (Å²) < 4.78 is 18.5. The first-order chi connectivity index (χ1) is 21.0. The molecule has 5 aromatic rings. The van der Waals surface area contributed by atoms with Crippen LogP contribution in [0, 0.1) is 0 Å². The lowest BCUT2D eigenvalue weighted by molar-refractivity contribution is -0.117. The number of hydrogen-bond acceptors (Lipinski definition) is 9. The SMILES string of the molecule is CCOc1ccc2nc(N3C(=O)C(O)=C(C(=O)c4cccs4)C3c3ccc(OCc4ccccc4)c(OCC)c3)sc2c1. The molecule has 8 nitrogen and oxygen atoms in total. The number of carbonyl (C=O) groups excluding carboxylic acids is 2. The van der Waals surface area contributed by atoms with Crippen LogP contribution in [0.5, 0.6) is 17.2 Å². The van der Waals surface area contributed by atoms with Gasteiger partial charge in [-0.2, -0.15) is 0 Å². The second-order valence-electron chi connectivity index (χ2n) is 9.62. The molecule has 0 spiro atoms. The van der Waals surface area contributed by atoms with Gasteiger partial charge in [0.25, 0.3) is 5.91 Å². The molecule has 3 heterocycles. The predicted octanol–water partition coefficient (Wildman–Crippen LogP) is 7.52. The molecule has 10 heteroatoms. The zero-order valence-electron chi connectivity index (χ0n) is 23.5. The van der Waals surface area contributed by atoms with Crippen LogP contribution in [-0.2, 0) is 11.4 Å². The van der Waals surface area contributed by atoms with Crippen molar-refractivity contribution < 1.29 is 28.9 Å². The molecule has 0 saturated carbocycles. The third kappa shape index (κ3) is 5.59. The Morgan fingerprint density at radius 1 is 0.930 bits per heavy atom. The Hall–Kier alpha value is -4.67. The first-order valence-corrected chi connectivity index (χ1v) is 15.5. The molecule has 3 aromatic carbocycles. The summed E-state index contributed by atoms with van der Waals surface area (Å²) in [6, 6.07) is 23.1. The standard InChI is InChI=1S/C33H28N2O6S2/c1-3-39-22-13-14-23-27(18-22)43-33(34-23)35-29(28(31(37)32(35)38)30(36)26-11-8-16-42-26)21-12-15-24(25(17-21)40-4-2)41-19-20-9-6-5-7-10-20/h5-18,29,37H,3-4,19H2,1-2H3. The second kappa shape index (κ2) is 12.3. The Balaban J connectivity index is 1.43. The molecule has 0 fully saturated rings. The Morgan fingerprint density at radius 3 is 2.49 bits per heavy atom. The van der Waals surface area contributed by atoms with Crippen molar-refractivity contribution in [3.05, 3.63) is 112 Å². The maximum atomic E-state index is 13.8. The minimum atomic E-state index is -0.948. The number of amides is 1. The Kier molecular flexibility index (Phi) is 8.13. The van der Waals surface area contributed by atoms with Crippen LogP contribution in [0.15, 0.2) is 95.6 Å². The van der Waals surface area contributed by atoms with Crippen LogP contribution in [0.25, 0.3) is 10.2 Å². The molecule has 43 heavy (non-hydrogen) atoms. The van der Waals surface area contributed by atoms with Crippen LogP contribution in [0.1, 0.15) is 40.7 Å². The van der Waals surface area contributed by atoms with Gasteiger partial charge in [0, 0.05) is 0 Å². The quantitative estimate of drug-likeness (QED) is 0.154. The fourth-order valence-corrected chi connectivity index (χ4v) is 6.66. The lowest BCUT2D eigenvalue weighted by Crippen LogP contribution is -2.31. The van der Waals surface area contributed by atoms with Gasteiger partial charge in [0.15, 0.2) is 22.4 Å². The lowest BCUT2D eigenvalue weighted by Gasteiger charge is -2.25. The van der Waals surface area contributed by atoms with Gasteiger partial charge in [0.2, 0.25) is 5.78 Å². The van der Waals surface area contributed by atoms with E-state index in [0.29, 0.717) is 58.2 Å². The molecule has 1 N–H and O–H groups in total. The number of anilines is 1. The van der Waals surface area contributed by atoms with E-state index in [-0.39, 0.29) is 5.57 Å². The summed E-state index contributed by atoms with van der Waals surface area (Å²) in [6.45, 7) is 5.01. The first-order valence-electron chi connectivity index (χ1n) is 13.8. The molecule has 1 aliphatic rings. The number of Topliss-reactive ketones (excluding diaryl/α,β-unsaturated/α-hetero) is 1. The van der Waals surface area contributed by atoms with Gasteiger partial charge < -0.3 is 19.3 Å². The zero-order valence-corrected chi connectivity index (χ0v) is 25.1. The van der Waals surface area contributed by atoms with Crippen molar-refractivity contribution >= 4 is 49.7 Å². The van der Waals surface area contributed by atoms with E-state index in [1.54, 1.807) is 35.7 Å². The second-order valence-corrected chi connectivity index (χ2v) is 11.6. The van der Waals surface area contributed by atoms with E-state index in [4.69, 9.17) is 19.2 Å². The normalized spacial score (nSPS) is 14.9. The zero-order chi connectivity index (χ0) is 29.9. The summed E-state index contributed by atoms with van der Waals surface area (Å²) >= 11 is 2.53. The maximum absolute atomic E-state index is 13.8. The molecule has 0 aliphatic carbocycles. The number of ketones is 1. The number of carbonyl (C=O) groups is 2. The van der Waals surface area contributed by atoms with E-state index in [1.165, 1.54) is 27.6 Å². The topological polar surface area (TPSA) is 98.2 Å². The number of fused-ring (bicyclic) bond motifs is 1. The van der Waals surface area contributed by atoms with Crippen molar-refractivity contribution in [2.75, 3.05) is 18.1 Å². The molecule has 1 unspecified atom stereocenters. The highest BCUT2D eigenvalue weighted by atomic mass is 32.1. The van der Waals surface area contributed by atoms with Gasteiger partial charge in [-0.1, -0.05) is 53.8 Å². The molecule has 0 bridgehead atoms.